The van der Waals surface area contributed by atoms with Gasteiger partial charge in [0.15, 0.2) is 5.82 Å². The number of carbonyl (C=O) groups excluding carboxylic acids is 1. The van der Waals surface area contributed by atoms with E-state index in [1.165, 1.54) is 12.1 Å². The molecule has 4 aromatic rings. The molecule has 2 heterocycles. The van der Waals surface area contributed by atoms with E-state index in [1.54, 1.807) is 7.11 Å². The predicted octanol–water partition coefficient (Wildman–Crippen LogP) is 5.47. The van der Waals surface area contributed by atoms with Crippen LogP contribution in [0.25, 0.3) is 10.9 Å². The van der Waals surface area contributed by atoms with Crippen molar-refractivity contribution in [1.82, 2.24) is 15.1 Å². The van der Waals surface area contributed by atoms with Crippen LogP contribution in [0.3, 0.4) is 0 Å². The molecule has 3 N–H and O–H groups in total. The third kappa shape index (κ3) is 7.06. The van der Waals surface area contributed by atoms with Crippen LogP contribution in [0.4, 0.5) is 26.0 Å². The molecule has 5 rings (SSSR count). The number of H-pyrrole nitrogens is 1. The number of methoxy groups -OCH3 is 1. The maximum absolute atomic E-state index is 13.7. The van der Waals surface area contributed by atoms with E-state index in [4.69, 9.17) is 4.74 Å². The summed E-state index contributed by atoms with van der Waals surface area (Å²) in [5, 5.41) is 14.6. The molecule has 1 amide bonds. The number of amides is 1. The zero-order valence-electron chi connectivity index (χ0n) is 24.6. The lowest BCUT2D eigenvalue weighted by molar-refractivity contribution is 0.102. The highest BCUT2D eigenvalue weighted by molar-refractivity contribution is 6.11. The minimum absolute atomic E-state index is 0.287. The molecule has 1 aromatic heterocycles. The monoisotopic (exact) mass is 576 g/mol. The molecule has 1 aliphatic heterocycles. The Morgan fingerprint density at radius 3 is 2.40 bits per heavy atom. The van der Waals surface area contributed by atoms with Crippen LogP contribution in [0.15, 0.2) is 54.6 Å². The molecule has 3 aromatic carbocycles. The van der Waals surface area contributed by atoms with E-state index in [0.717, 1.165) is 54.4 Å². The van der Waals surface area contributed by atoms with Crippen molar-refractivity contribution >= 4 is 34.0 Å². The summed E-state index contributed by atoms with van der Waals surface area (Å²) >= 11 is 0. The number of halogens is 2. The number of nitrogens with one attached hydrogen (secondary N) is 3. The van der Waals surface area contributed by atoms with E-state index in [0.29, 0.717) is 42.1 Å². The summed E-state index contributed by atoms with van der Waals surface area (Å²) in [6, 6.07) is 15.2. The van der Waals surface area contributed by atoms with Crippen LogP contribution in [0, 0.1) is 11.6 Å². The van der Waals surface area contributed by atoms with Crippen LogP contribution in [0.1, 0.15) is 35.3 Å². The number of hydrogen-bond acceptors (Lipinski definition) is 6. The van der Waals surface area contributed by atoms with E-state index in [-0.39, 0.29) is 5.91 Å². The van der Waals surface area contributed by atoms with Crippen molar-refractivity contribution in [2.75, 3.05) is 62.5 Å². The van der Waals surface area contributed by atoms with Gasteiger partial charge in [0.25, 0.3) is 5.91 Å². The van der Waals surface area contributed by atoms with Crippen molar-refractivity contribution in [3.05, 3.63) is 82.9 Å². The van der Waals surface area contributed by atoms with E-state index >= 15 is 0 Å². The smallest absolute Gasteiger partial charge is 0.258 e. The summed E-state index contributed by atoms with van der Waals surface area (Å²) in [7, 11) is 3.78. The predicted molar refractivity (Wildman–Crippen MR) is 164 cm³/mol. The Morgan fingerprint density at radius 2 is 1.69 bits per heavy atom. The van der Waals surface area contributed by atoms with Gasteiger partial charge in [0.1, 0.15) is 11.6 Å². The number of hydrogen-bond donors (Lipinski definition) is 3. The third-order valence-corrected chi connectivity index (χ3v) is 7.58. The van der Waals surface area contributed by atoms with Crippen molar-refractivity contribution in [2.24, 2.45) is 0 Å². The number of fused-ring (bicyclic) bond motifs is 1. The van der Waals surface area contributed by atoms with Gasteiger partial charge < -0.3 is 25.2 Å². The second-order valence-electron chi connectivity index (χ2n) is 11.6. The Hall–Kier alpha value is -4.02. The van der Waals surface area contributed by atoms with Crippen LogP contribution in [-0.2, 0) is 17.6 Å². The van der Waals surface area contributed by atoms with Crippen LogP contribution in [-0.4, -0.2) is 73.5 Å². The number of ether oxygens (including phenoxy) is 1. The average molecular weight is 577 g/mol. The summed E-state index contributed by atoms with van der Waals surface area (Å²) in [6.45, 7) is 8.31. The zero-order chi connectivity index (χ0) is 29.9. The standard InChI is InChI=1S/C32H38F2N6O2/c1-32(2,20-42-4)36-29-19-25(40-13-11-39(3)12-14-40)8-9-26(29)31(41)35-30-27-17-21(7-10-28(27)37-38-30)5-6-22-15-23(33)18-24(34)16-22/h7-10,15-19,36H,5-6,11-14,20H2,1-4H3,(H2,35,37,38,41). The summed E-state index contributed by atoms with van der Waals surface area (Å²) in [5.41, 5.74) is 4.18. The highest BCUT2D eigenvalue weighted by Gasteiger charge is 2.24. The van der Waals surface area contributed by atoms with Crippen molar-refractivity contribution in [1.29, 1.82) is 0 Å². The molecule has 222 valence electrons. The molecule has 0 radical (unpaired) electrons. The number of aryl methyl sites for hydroxylation is 2. The number of benzene rings is 3. The number of likely N-dealkylation sites (N-methyl/N-ethyl adjacent to an activating group) is 1. The van der Waals surface area contributed by atoms with Gasteiger partial charge in [0, 0.05) is 56.1 Å². The lowest BCUT2D eigenvalue weighted by Gasteiger charge is -2.35. The lowest BCUT2D eigenvalue weighted by Crippen LogP contribution is -2.44. The molecule has 42 heavy (non-hydrogen) atoms. The minimum Gasteiger partial charge on any atom is -0.382 e. The van der Waals surface area contributed by atoms with Gasteiger partial charge in [-0.25, -0.2) is 8.78 Å². The van der Waals surface area contributed by atoms with Gasteiger partial charge in [0.2, 0.25) is 0 Å². The van der Waals surface area contributed by atoms with Gasteiger partial charge in [-0.1, -0.05) is 6.07 Å². The van der Waals surface area contributed by atoms with E-state index in [1.807, 2.05) is 50.2 Å². The third-order valence-electron chi connectivity index (χ3n) is 7.58. The maximum Gasteiger partial charge on any atom is 0.258 e. The fraction of sp³-hybridized carbons (Fsp3) is 0.375. The first-order valence-electron chi connectivity index (χ1n) is 14.2. The van der Waals surface area contributed by atoms with Crippen LogP contribution in [0.2, 0.25) is 0 Å². The van der Waals surface area contributed by atoms with Crippen LogP contribution in [0.5, 0.6) is 0 Å². The fourth-order valence-corrected chi connectivity index (χ4v) is 5.39. The SMILES string of the molecule is COCC(C)(C)Nc1cc(N2CCN(C)CC2)ccc1C(=O)Nc1n[nH]c2ccc(CCc3cc(F)cc(F)c3)cc12. The number of piperazine rings is 1. The topological polar surface area (TPSA) is 85.5 Å². The van der Waals surface area contributed by atoms with Crippen molar-refractivity contribution in [3.63, 3.8) is 0 Å². The fourth-order valence-electron chi connectivity index (χ4n) is 5.39. The van der Waals surface area contributed by atoms with Gasteiger partial charge >= 0.3 is 0 Å². The van der Waals surface area contributed by atoms with Crippen LogP contribution < -0.4 is 15.5 Å². The first-order valence-corrected chi connectivity index (χ1v) is 14.2. The molecule has 0 bridgehead atoms. The van der Waals surface area contributed by atoms with E-state index in [9.17, 15) is 13.6 Å². The highest BCUT2D eigenvalue weighted by Crippen LogP contribution is 2.29. The lowest BCUT2D eigenvalue weighted by atomic mass is 10.0. The quantitative estimate of drug-likeness (QED) is 0.232. The number of rotatable bonds is 10. The molecule has 1 saturated heterocycles. The first kappa shape index (κ1) is 29.5. The number of aromatic nitrogens is 2. The molecular formula is C32H38F2N6O2. The molecule has 1 aliphatic rings. The highest BCUT2D eigenvalue weighted by atomic mass is 19.1. The Bertz CT molecular complexity index is 1540. The van der Waals surface area contributed by atoms with Crippen molar-refractivity contribution < 1.29 is 18.3 Å². The molecule has 10 heteroatoms. The van der Waals surface area contributed by atoms with Gasteiger partial charge in [0.05, 0.1) is 23.2 Å². The Balaban J connectivity index is 1.38. The largest absolute Gasteiger partial charge is 0.382 e. The summed E-state index contributed by atoms with van der Waals surface area (Å²) in [5.74, 6) is -1.05. The van der Waals surface area contributed by atoms with Crippen molar-refractivity contribution in [2.45, 2.75) is 32.2 Å². The van der Waals surface area contributed by atoms with Crippen molar-refractivity contribution in [3.8, 4) is 0 Å². The normalized spacial score (nSPS) is 14.4. The zero-order valence-corrected chi connectivity index (χ0v) is 24.6. The maximum atomic E-state index is 13.7. The average Bonchev–Trinajstić information content (AvgIpc) is 3.33. The molecule has 0 saturated carbocycles. The number of carbonyl (C=O) groups is 1. The van der Waals surface area contributed by atoms with E-state index in [2.05, 4.69) is 37.7 Å². The molecule has 0 unspecified atom stereocenters. The van der Waals surface area contributed by atoms with E-state index < -0.39 is 17.2 Å². The Kier molecular flexibility index (Phi) is 8.74. The van der Waals surface area contributed by atoms with Gasteiger partial charge in [-0.3, -0.25) is 9.89 Å². The minimum atomic E-state index is -0.587. The number of anilines is 3. The summed E-state index contributed by atoms with van der Waals surface area (Å²) in [4.78, 5) is 18.3. The van der Waals surface area contributed by atoms with Gasteiger partial charge in [-0.15, -0.1) is 0 Å². The van der Waals surface area contributed by atoms with Crippen LogP contribution >= 0.6 is 0 Å². The number of nitrogens with zero attached hydrogens (tertiary/aromatic N) is 3. The number of aromatic amines is 1. The molecule has 0 spiro atoms. The van der Waals surface area contributed by atoms with Gasteiger partial charge in [-0.2, -0.15) is 5.10 Å². The second kappa shape index (κ2) is 12.5. The molecule has 0 atom stereocenters. The van der Waals surface area contributed by atoms with Gasteiger partial charge in [-0.05, 0) is 87.3 Å². The Morgan fingerprint density at radius 1 is 0.976 bits per heavy atom. The molecule has 8 nitrogen and oxygen atoms in total. The molecule has 1 fully saturated rings. The summed E-state index contributed by atoms with van der Waals surface area (Å²) in [6.07, 6.45) is 1.06. The Labute approximate surface area is 245 Å². The summed E-state index contributed by atoms with van der Waals surface area (Å²) < 4.78 is 32.6. The second-order valence-corrected chi connectivity index (χ2v) is 11.6. The molecule has 0 aliphatic carbocycles. The first-order chi connectivity index (χ1) is 20.1. The molecular weight excluding hydrogens is 538 g/mol.